The van der Waals surface area contributed by atoms with Crippen LogP contribution < -0.4 is 0 Å². The summed E-state index contributed by atoms with van der Waals surface area (Å²) in [7, 11) is -1.59. The van der Waals surface area contributed by atoms with Crippen molar-refractivity contribution in [2.24, 2.45) is 5.92 Å². The Morgan fingerprint density at radius 2 is 1.84 bits per heavy atom. The molecular formula is C15H21NO2S. The van der Waals surface area contributed by atoms with Gasteiger partial charge in [0, 0.05) is 13.6 Å². The van der Waals surface area contributed by atoms with Gasteiger partial charge in [0.1, 0.15) is 0 Å². The number of hydrogen-bond donors (Lipinski definition) is 0. The Kier molecular flexibility index (Phi) is 3.39. The zero-order valence-corrected chi connectivity index (χ0v) is 12.2. The van der Waals surface area contributed by atoms with Gasteiger partial charge in [-0.3, -0.25) is 0 Å². The Morgan fingerprint density at radius 3 is 2.53 bits per heavy atom. The summed E-state index contributed by atoms with van der Waals surface area (Å²) in [6.45, 7) is 0.666. The lowest BCUT2D eigenvalue weighted by Crippen LogP contribution is -2.29. The first-order valence-electron chi connectivity index (χ1n) is 7.15. The Bertz CT molecular complexity index is 576. The molecule has 0 N–H and O–H groups in total. The van der Waals surface area contributed by atoms with Gasteiger partial charge in [-0.25, -0.2) is 12.7 Å². The largest absolute Gasteiger partial charge is 0.242 e. The number of hydrogen-bond acceptors (Lipinski definition) is 2. The molecule has 1 aromatic carbocycles. The fraction of sp³-hybridized carbons (Fsp3) is 0.600. The summed E-state index contributed by atoms with van der Waals surface area (Å²) in [5.74, 6) is 0.581. The summed E-state index contributed by atoms with van der Waals surface area (Å²) < 4.78 is 26.5. The molecule has 0 radical (unpaired) electrons. The highest BCUT2D eigenvalue weighted by atomic mass is 32.2. The van der Waals surface area contributed by atoms with Crippen molar-refractivity contribution in [3.05, 3.63) is 29.3 Å². The summed E-state index contributed by atoms with van der Waals surface area (Å²) in [4.78, 5) is 0.469. The second-order valence-electron chi connectivity index (χ2n) is 5.87. The van der Waals surface area contributed by atoms with E-state index in [0.717, 1.165) is 12.8 Å². The maximum atomic E-state index is 12.5. The minimum atomic E-state index is -3.29. The Balaban J connectivity index is 1.87. The van der Waals surface area contributed by atoms with Crippen molar-refractivity contribution in [3.63, 3.8) is 0 Å². The van der Waals surface area contributed by atoms with Crippen LogP contribution in [-0.2, 0) is 22.9 Å². The number of rotatable bonds is 4. The standard InChI is InChI=1S/C15H21NO2S/c1-16(11-12-6-7-12)19(17,18)15-9-8-13-4-2-3-5-14(13)10-15/h8-10,12H,2-7,11H2,1H3. The summed E-state index contributed by atoms with van der Waals surface area (Å²) in [6.07, 6.45) is 6.85. The van der Waals surface area contributed by atoms with E-state index in [1.54, 1.807) is 13.1 Å². The van der Waals surface area contributed by atoms with E-state index in [9.17, 15) is 8.42 Å². The van der Waals surface area contributed by atoms with Crippen LogP contribution in [0.25, 0.3) is 0 Å². The maximum Gasteiger partial charge on any atom is 0.242 e. The van der Waals surface area contributed by atoms with E-state index in [1.807, 2.05) is 12.1 Å². The second-order valence-corrected chi connectivity index (χ2v) is 7.91. The smallest absolute Gasteiger partial charge is 0.207 e. The van der Waals surface area contributed by atoms with E-state index in [0.29, 0.717) is 17.4 Å². The van der Waals surface area contributed by atoms with Gasteiger partial charge in [0.25, 0.3) is 0 Å². The topological polar surface area (TPSA) is 37.4 Å². The lowest BCUT2D eigenvalue weighted by atomic mass is 9.92. The molecule has 4 heteroatoms. The summed E-state index contributed by atoms with van der Waals surface area (Å²) >= 11 is 0. The molecular weight excluding hydrogens is 258 g/mol. The fourth-order valence-electron chi connectivity index (χ4n) is 2.81. The van der Waals surface area contributed by atoms with Gasteiger partial charge in [0.2, 0.25) is 10.0 Å². The number of nitrogens with zero attached hydrogens (tertiary/aromatic N) is 1. The Morgan fingerprint density at radius 1 is 1.16 bits per heavy atom. The highest BCUT2D eigenvalue weighted by Crippen LogP contribution is 2.31. The quantitative estimate of drug-likeness (QED) is 0.849. The van der Waals surface area contributed by atoms with E-state index in [4.69, 9.17) is 0 Å². The zero-order valence-electron chi connectivity index (χ0n) is 11.4. The molecule has 0 amide bonds. The third kappa shape index (κ3) is 2.70. The van der Waals surface area contributed by atoms with E-state index >= 15 is 0 Å². The first-order valence-corrected chi connectivity index (χ1v) is 8.59. The molecule has 0 unspecified atom stereocenters. The molecule has 0 atom stereocenters. The highest BCUT2D eigenvalue weighted by Gasteiger charge is 2.29. The monoisotopic (exact) mass is 279 g/mol. The van der Waals surface area contributed by atoms with Crippen molar-refractivity contribution < 1.29 is 8.42 Å². The number of aryl methyl sites for hydroxylation is 2. The van der Waals surface area contributed by atoms with Gasteiger partial charge < -0.3 is 0 Å². The number of fused-ring (bicyclic) bond motifs is 1. The lowest BCUT2D eigenvalue weighted by molar-refractivity contribution is 0.452. The van der Waals surface area contributed by atoms with Crippen LogP contribution in [0.1, 0.15) is 36.8 Å². The molecule has 2 aliphatic carbocycles. The average Bonchev–Trinajstić information content (AvgIpc) is 3.22. The predicted molar refractivity (Wildman–Crippen MR) is 75.6 cm³/mol. The molecule has 0 heterocycles. The fourth-order valence-corrected chi connectivity index (χ4v) is 4.11. The zero-order chi connectivity index (χ0) is 13.5. The van der Waals surface area contributed by atoms with Crippen LogP contribution in [0.4, 0.5) is 0 Å². The van der Waals surface area contributed by atoms with Crippen molar-refractivity contribution >= 4 is 10.0 Å². The van der Waals surface area contributed by atoms with Crippen LogP contribution in [0.3, 0.4) is 0 Å². The van der Waals surface area contributed by atoms with Gasteiger partial charge in [-0.15, -0.1) is 0 Å². The van der Waals surface area contributed by atoms with E-state index in [2.05, 4.69) is 0 Å². The van der Waals surface area contributed by atoms with Gasteiger partial charge in [0.05, 0.1) is 4.90 Å². The van der Waals surface area contributed by atoms with Gasteiger partial charge in [-0.05, 0) is 67.7 Å². The molecule has 2 aliphatic rings. The van der Waals surface area contributed by atoms with E-state index in [-0.39, 0.29) is 0 Å². The van der Waals surface area contributed by atoms with Crippen LogP contribution in [-0.4, -0.2) is 26.3 Å². The van der Waals surface area contributed by atoms with Gasteiger partial charge in [-0.1, -0.05) is 6.07 Å². The van der Waals surface area contributed by atoms with Crippen LogP contribution in [0, 0.1) is 5.92 Å². The van der Waals surface area contributed by atoms with Crippen molar-refractivity contribution in [2.75, 3.05) is 13.6 Å². The van der Waals surface area contributed by atoms with Crippen LogP contribution in [0.5, 0.6) is 0 Å². The minimum Gasteiger partial charge on any atom is -0.207 e. The summed E-state index contributed by atoms with van der Waals surface area (Å²) in [6, 6.07) is 5.68. The predicted octanol–water partition coefficient (Wildman–Crippen LogP) is 2.60. The van der Waals surface area contributed by atoms with Gasteiger partial charge in [-0.2, -0.15) is 0 Å². The average molecular weight is 279 g/mol. The Labute approximate surface area is 115 Å². The minimum absolute atomic E-state index is 0.469. The van der Waals surface area contributed by atoms with Crippen molar-refractivity contribution in [1.29, 1.82) is 0 Å². The highest BCUT2D eigenvalue weighted by molar-refractivity contribution is 7.89. The second kappa shape index (κ2) is 4.91. The van der Waals surface area contributed by atoms with Crippen LogP contribution >= 0.6 is 0 Å². The van der Waals surface area contributed by atoms with Crippen LogP contribution in [0.2, 0.25) is 0 Å². The SMILES string of the molecule is CN(CC1CC1)S(=O)(=O)c1ccc2c(c1)CCCC2. The molecule has 1 aromatic rings. The summed E-state index contributed by atoms with van der Waals surface area (Å²) in [5, 5.41) is 0. The molecule has 3 rings (SSSR count). The van der Waals surface area contributed by atoms with Crippen LogP contribution in [0.15, 0.2) is 23.1 Å². The molecule has 0 aliphatic heterocycles. The van der Waals surface area contributed by atoms with Gasteiger partial charge in [0.15, 0.2) is 0 Å². The van der Waals surface area contributed by atoms with Crippen molar-refractivity contribution in [1.82, 2.24) is 4.31 Å². The summed E-state index contributed by atoms with van der Waals surface area (Å²) in [5.41, 5.74) is 2.56. The number of sulfonamides is 1. The molecule has 0 saturated heterocycles. The number of benzene rings is 1. The molecule has 0 bridgehead atoms. The van der Waals surface area contributed by atoms with E-state index in [1.165, 1.54) is 41.1 Å². The van der Waals surface area contributed by atoms with Gasteiger partial charge >= 0.3 is 0 Å². The molecule has 0 aromatic heterocycles. The third-order valence-electron chi connectivity index (χ3n) is 4.24. The molecule has 3 nitrogen and oxygen atoms in total. The van der Waals surface area contributed by atoms with E-state index < -0.39 is 10.0 Å². The molecule has 104 valence electrons. The van der Waals surface area contributed by atoms with Crippen molar-refractivity contribution in [3.8, 4) is 0 Å². The first-order chi connectivity index (χ1) is 9.07. The molecule has 1 saturated carbocycles. The molecule has 1 fully saturated rings. The maximum absolute atomic E-state index is 12.5. The normalized spacial score (nSPS) is 19.5. The first kappa shape index (κ1) is 13.1. The third-order valence-corrected chi connectivity index (χ3v) is 6.06. The molecule has 0 spiro atoms. The Hall–Kier alpha value is -0.870. The lowest BCUT2D eigenvalue weighted by Gasteiger charge is -2.20. The molecule has 19 heavy (non-hydrogen) atoms. The van der Waals surface area contributed by atoms with Crippen molar-refractivity contribution in [2.45, 2.75) is 43.4 Å².